The van der Waals surface area contributed by atoms with Gasteiger partial charge in [0.15, 0.2) is 0 Å². The van der Waals surface area contributed by atoms with Gasteiger partial charge < -0.3 is 47.9 Å². The van der Waals surface area contributed by atoms with Crippen molar-refractivity contribution in [3.63, 3.8) is 0 Å². The highest BCUT2D eigenvalue weighted by Crippen LogP contribution is 2.44. The van der Waals surface area contributed by atoms with Crippen LogP contribution in [0, 0.1) is 0 Å². The number of carbonyl (C=O) groups excluding carboxylic acids is 1. The van der Waals surface area contributed by atoms with E-state index in [1.807, 2.05) is 0 Å². The quantitative estimate of drug-likeness (QED) is 0.0277. The van der Waals surface area contributed by atoms with E-state index in [0.717, 1.165) is 232 Å². The van der Waals surface area contributed by atoms with Crippen LogP contribution in [0.3, 0.4) is 0 Å². The van der Waals surface area contributed by atoms with E-state index in [4.69, 9.17) is 47.9 Å². The Hall–Kier alpha value is -8.45. The van der Waals surface area contributed by atoms with Crippen molar-refractivity contribution in [1.82, 2.24) is 19.9 Å². The van der Waals surface area contributed by atoms with E-state index < -0.39 is 0 Å². The van der Waals surface area contributed by atoms with Crippen LogP contribution in [0.25, 0.3) is 90.9 Å². The predicted molar refractivity (Wildman–Crippen MR) is 558 cm³/mol. The summed E-state index contributed by atoms with van der Waals surface area (Å²) in [5.74, 6) is 5.38. The third-order valence-corrected chi connectivity index (χ3v) is 26.1. The first-order valence-electron chi connectivity index (χ1n) is 53.9. The van der Waals surface area contributed by atoms with Gasteiger partial charge in [0.05, 0.1) is 75.6 Å². The predicted octanol–water partition coefficient (Wildman–Crippen LogP) is 36.3. The molecule has 2 aliphatic rings. The average Bonchev–Trinajstić information content (AvgIpc) is 1.61. The van der Waals surface area contributed by atoms with Crippen molar-refractivity contribution >= 4 is 52.3 Å². The number of aromatic amines is 2. The molecule has 13 nitrogen and oxygen atoms in total. The molecule has 7 aromatic rings. The third kappa shape index (κ3) is 41.5. The Morgan fingerprint density at radius 1 is 0.214 bits per heavy atom. The van der Waals surface area contributed by atoms with Crippen LogP contribution in [0.15, 0.2) is 103 Å². The zero-order valence-electron chi connectivity index (χ0n) is 83.4. The molecular weight excluding hydrogens is 1620 g/mol. The summed E-state index contributed by atoms with van der Waals surface area (Å²) in [6.07, 6.45) is 79.0. The van der Waals surface area contributed by atoms with Gasteiger partial charge in [-0.1, -0.05) is 375 Å². The zero-order valence-corrected chi connectivity index (χ0v) is 83.4. The number of nitrogens with zero attached hydrogens (tertiary/aromatic N) is 2. The van der Waals surface area contributed by atoms with E-state index in [0.29, 0.717) is 52.9 Å². The summed E-state index contributed by atoms with van der Waals surface area (Å²) < 4.78 is 53.4. The average molecular weight is 1790 g/mol. The van der Waals surface area contributed by atoms with Gasteiger partial charge in [-0.3, -0.25) is 4.79 Å². The van der Waals surface area contributed by atoms with Gasteiger partial charge in [-0.2, -0.15) is 0 Å². The van der Waals surface area contributed by atoms with Crippen molar-refractivity contribution in [3.05, 3.63) is 126 Å². The van der Waals surface area contributed by atoms with Crippen molar-refractivity contribution < 1.29 is 42.7 Å². The Labute approximate surface area is 794 Å². The number of nitrogens with one attached hydrogen (secondary N) is 2. The largest absolute Gasteiger partial charge is 0.494 e. The van der Waals surface area contributed by atoms with E-state index in [9.17, 15) is 4.79 Å². The smallest absolute Gasteiger partial charge is 0.302 e. The molecule has 2 N–H and O–H groups in total. The molecule has 0 aliphatic carbocycles. The molecule has 0 atom stereocenters. The lowest BCUT2D eigenvalue weighted by Gasteiger charge is -2.14. The number of carbonyl (C=O) groups is 1. The highest BCUT2D eigenvalue weighted by atomic mass is 16.5. The van der Waals surface area contributed by atoms with Gasteiger partial charge in [0, 0.05) is 69.4 Å². The number of ether oxygens (including phenoxy) is 8. The Morgan fingerprint density at radius 2 is 0.397 bits per heavy atom. The Morgan fingerprint density at radius 3 is 0.603 bits per heavy atom. The Bertz CT molecular complexity index is 4260. The lowest BCUT2D eigenvalue weighted by Crippen LogP contribution is -2.01. The van der Waals surface area contributed by atoms with Crippen LogP contribution in [0.4, 0.5) is 0 Å². The molecule has 0 fully saturated rings. The van der Waals surface area contributed by atoms with Crippen molar-refractivity contribution in [3.8, 4) is 84.8 Å². The second-order valence-electron chi connectivity index (χ2n) is 37.8. The third-order valence-electron chi connectivity index (χ3n) is 26.1. The second-order valence-corrected chi connectivity index (χ2v) is 37.8. The van der Waals surface area contributed by atoms with Crippen LogP contribution in [-0.2, 0) is 9.53 Å². The summed E-state index contributed by atoms with van der Waals surface area (Å²) in [5, 5.41) is 0. The summed E-state index contributed by atoms with van der Waals surface area (Å²) in [5.41, 5.74) is 14.4. The minimum atomic E-state index is -0.189. The zero-order chi connectivity index (χ0) is 91.9. The number of aromatic nitrogens is 4. The summed E-state index contributed by atoms with van der Waals surface area (Å²) in [7, 11) is 0. The van der Waals surface area contributed by atoms with Crippen molar-refractivity contribution in [2.24, 2.45) is 0 Å². The van der Waals surface area contributed by atoms with E-state index in [1.54, 1.807) is 0 Å². The number of hydrogen-bond acceptors (Lipinski definition) is 11. The van der Waals surface area contributed by atoms with Crippen LogP contribution < -0.4 is 33.2 Å². The number of rotatable bonds is 78. The van der Waals surface area contributed by atoms with E-state index >= 15 is 0 Å². The summed E-state index contributed by atoms with van der Waals surface area (Å²) in [6.45, 7) is 20.1. The molecule has 0 amide bonds. The van der Waals surface area contributed by atoms with Gasteiger partial charge in [-0.25, -0.2) is 9.97 Å². The van der Waals surface area contributed by atoms with E-state index in [1.165, 1.54) is 277 Å². The molecule has 2 aliphatic heterocycles. The molecular formula is C118H176N4O9. The summed E-state index contributed by atoms with van der Waals surface area (Å²) in [6, 6.07) is 37.3. The number of hydrogen-bond donors (Lipinski definition) is 2. The maximum atomic E-state index is 11.2. The fraction of sp³-hybridized carbons (Fsp3) is 0.619. The molecule has 8 bridgehead atoms. The van der Waals surface area contributed by atoms with Crippen LogP contribution in [-0.4, -0.2) is 78.8 Å². The number of benzene rings is 4. The number of unbranched alkanes of at least 4 members (excludes halogenated alkanes) is 51. The normalized spacial score (nSPS) is 11.8. The maximum absolute atomic E-state index is 11.2. The molecule has 5 heterocycles. The number of fused-ring (bicyclic) bond motifs is 8. The second kappa shape index (κ2) is 66.9. The summed E-state index contributed by atoms with van der Waals surface area (Å²) >= 11 is 0. The van der Waals surface area contributed by atoms with Gasteiger partial charge in [-0.15, -0.1) is 0 Å². The van der Waals surface area contributed by atoms with Crippen LogP contribution in [0.2, 0.25) is 0 Å². The first-order chi connectivity index (χ1) is 64.7. The maximum Gasteiger partial charge on any atom is 0.302 e. The lowest BCUT2D eigenvalue weighted by atomic mass is 10.0. The number of H-pyrrole nitrogens is 2. The molecule has 0 saturated carbocycles. The standard InChI is InChI=1S/C118H176N4O9/c1-8-14-20-26-32-42-52-60-80-126-101-86-97(87-102(92-101)127-81-61-53-43-33-27-21-15-9-2)116-109-72-70-107(119-109)115(96-66-68-100(69-67-96)125-79-59-51-49-41-39-38-40-48-50-58-78-124-95(7)123)108-71-73-110(120-108)117(98-88-103(128-82-62-54-44-34-28-22-16-10-3)93-104(89-98)129-83-63-55-45-35-29-23-17-11-4)112-75-77-114(122-112)118(113-76-74-111(116)121-113)99-90-105(130-84-64-56-46-36-30-24-18-12-5)94-106(91-99)131-85-65-57-47-37-31-25-19-13-6/h66-77,86-94,119,122H,8-65,78-85H2,1-7H3. The molecule has 722 valence electrons. The molecule has 4 aromatic carbocycles. The highest BCUT2D eigenvalue weighted by molar-refractivity contribution is 6.00. The highest BCUT2D eigenvalue weighted by Gasteiger charge is 2.23. The van der Waals surface area contributed by atoms with Crippen molar-refractivity contribution in [1.29, 1.82) is 0 Å². The SMILES string of the molecule is CCCCCCCCCCOc1cc(OCCCCCCCCCC)cc(-c2c3nc(c(-c4cc(OCCCCCCCCCC)cc(OCCCCCCCCCC)c4)c4ccc([nH]4)c(-c4cc(OCCCCCCCCCC)cc(OCCCCCCCCCC)c4)c4nc(c(-c5ccc(OCCCCCCCCCCCCOC(C)=O)cc5)c5ccc2[nH]5)C=C4)C=C3)c1. The first-order valence-corrected chi connectivity index (χ1v) is 53.9. The molecule has 0 unspecified atom stereocenters. The van der Waals surface area contributed by atoms with Crippen molar-refractivity contribution in [2.75, 3.05) is 52.9 Å². The number of esters is 1. The van der Waals surface area contributed by atoms with Gasteiger partial charge in [0.25, 0.3) is 0 Å². The van der Waals surface area contributed by atoms with Gasteiger partial charge in [-0.05, 0) is 171 Å². The monoisotopic (exact) mass is 1790 g/mol. The van der Waals surface area contributed by atoms with E-state index in [-0.39, 0.29) is 5.97 Å². The molecule has 0 saturated heterocycles. The van der Waals surface area contributed by atoms with Gasteiger partial charge in [0.2, 0.25) is 0 Å². The van der Waals surface area contributed by atoms with Gasteiger partial charge >= 0.3 is 5.97 Å². The topological polar surface area (TPSA) is 148 Å². The molecule has 3 aromatic heterocycles. The fourth-order valence-corrected chi connectivity index (χ4v) is 18.4. The van der Waals surface area contributed by atoms with E-state index in [2.05, 4.69) is 179 Å². The molecule has 13 heteroatoms. The summed E-state index contributed by atoms with van der Waals surface area (Å²) in [4.78, 5) is 31.3. The minimum absolute atomic E-state index is 0.189. The van der Waals surface area contributed by atoms with Crippen LogP contribution >= 0.6 is 0 Å². The molecule has 0 spiro atoms. The molecule has 0 radical (unpaired) electrons. The molecule has 131 heavy (non-hydrogen) atoms. The van der Waals surface area contributed by atoms with Gasteiger partial charge in [0.1, 0.15) is 40.2 Å². The Kier molecular flexibility index (Phi) is 54.2. The van der Waals surface area contributed by atoms with Crippen LogP contribution in [0.5, 0.6) is 40.2 Å². The molecule has 9 rings (SSSR count). The fourth-order valence-electron chi connectivity index (χ4n) is 18.4. The minimum Gasteiger partial charge on any atom is -0.494 e. The van der Waals surface area contributed by atoms with Crippen molar-refractivity contribution in [2.45, 2.75) is 421 Å². The first kappa shape index (κ1) is 106. The Balaban J connectivity index is 1.22. The lowest BCUT2D eigenvalue weighted by molar-refractivity contribution is -0.141. The van der Waals surface area contributed by atoms with Crippen LogP contribution in [0.1, 0.15) is 444 Å².